The summed E-state index contributed by atoms with van der Waals surface area (Å²) in [5.41, 5.74) is 7.56. The molecule has 2 N–H and O–H groups in total. The van der Waals surface area contributed by atoms with E-state index in [2.05, 4.69) is 31.0 Å². The number of anilines is 2. The summed E-state index contributed by atoms with van der Waals surface area (Å²) in [5.74, 6) is 2.58. The van der Waals surface area contributed by atoms with E-state index in [0.717, 1.165) is 11.1 Å². The van der Waals surface area contributed by atoms with Crippen LogP contribution in [0.1, 0.15) is 11.1 Å². The third-order valence-corrected chi connectivity index (χ3v) is 5.25. The molecule has 0 aliphatic carbocycles. The van der Waals surface area contributed by atoms with Crippen LogP contribution in [0.15, 0.2) is 108 Å². The lowest BCUT2D eigenvalue weighted by Crippen LogP contribution is -2.45. The smallest absolute Gasteiger partial charge is 0.263 e. The van der Waals surface area contributed by atoms with Crippen LogP contribution in [0, 0.1) is 0 Å². The molecule has 1 aliphatic rings. The average Bonchev–Trinajstić information content (AvgIpc) is 2.97. The SMILES string of the molecule is C(=N/Nc1ccccn1)/c1ccc(O[C@@H]2OCCO[C@H]2Oc2ccc(/C=N\Nc3ccccn3)cc2)cc1. The van der Waals surface area contributed by atoms with Crippen LogP contribution >= 0.6 is 0 Å². The van der Waals surface area contributed by atoms with Crippen LogP contribution in [0.5, 0.6) is 11.5 Å². The standard InChI is InChI=1S/C28H26N6O4/c1-3-15-29-25(5-1)33-31-19-21-7-11-23(12-8-21)37-27-28(36-18-17-35-27)38-24-13-9-22(10-14-24)20-32-34-26-6-2-4-16-30-26/h1-16,19-20,27-28H,17-18H2,(H,29,33)(H,30,34)/b31-19-,32-20-/t27-,28-/m0/s1. The Labute approximate surface area is 220 Å². The van der Waals surface area contributed by atoms with Gasteiger partial charge < -0.3 is 18.9 Å². The Hall–Kier alpha value is -4.80. The highest BCUT2D eigenvalue weighted by atomic mass is 16.8. The zero-order chi connectivity index (χ0) is 25.8. The van der Waals surface area contributed by atoms with E-state index in [9.17, 15) is 0 Å². The molecule has 38 heavy (non-hydrogen) atoms. The van der Waals surface area contributed by atoms with Crippen molar-refractivity contribution in [2.24, 2.45) is 10.2 Å². The van der Waals surface area contributed by atoms with E-state index in [1.54, 1.807) is 24.8 Å². The van der Waals surface area contributed by atoms with Crippen molar-refractivity contribution in [1.29, 1.82) is 0 Å². The highest BCUT2D eigenvalue weighted by Crippen LogP contribution is 2.22. The van der Waals surface area contributed by atoms with Gasteiger partial charge in [-0.3, -0.25) is 10.9 Å². The molecule has 4 aromatic rings. The second-order valence-corrected chi connectivity index (χ2v) is 8.02. The summed E-state index contributed by atoms with van der Waals surface area (Å²) < 4.78 is 23.6. The van der Waals surface area contributed by atoms with E-state index in [4.69, 9.17) is 18.9 Å². The highest BCUT2D eigenvalue weighted by molar-refractivity contribution is 5.80. The molecule has 1 saturated heterocycles. The lowest BCUT2D eigenvalue weighted by Gasteiger charge is -2.31. The van der Waals surface area contributed by atoms with Gasteiger partial charge >= 0.3 is 0 Å². The first-order chi connectivity index (χ1) is 18.8. The fourth-order valence-electron chi connectivity index (χ4n) is 3.40. The van der Waals surface area contributed by atoms with Crippen molar-refractivity contribution in [3.05, 3.63) is 108 Å². The molecular formula is C28H26N6O4. The van der Waals surface area contributed by atoms with E-state index in [1.165, 1.54) is 0 Å². The third-order valence-electron chi connectivity index (χ3n) is 5.25. The van der Waals surface area contributed by atoms with Crippen molar-refractivity contribution >= 4 is 24.1 Å². The molecule has 0 saturated carbocycles. The topological polar surface area (TPSA) is 111 Å². The molecule has 0 amide bonds. The third kappa shape index (κ3) is 7.36. The first kappa shape index (κ1) is 24.9. The van der Waals surface area contributed by atoms with Crippen molar-refractivity contribution in [2.45, 2.75) is 12.6 Å². The summed E-state index contributed by atoms with van der Waals surface area (Å²) in [5, 5.41) is 8.39. The number of aromatic nitrogens is 2. The van der Waals surface area contributed by atoms with Gasteiger partial charge in [0.05, 0.1) is 25.6 Å². The minimum atomic E-state index is -0.724. The Morgan fingerprint density at radius 2 is 1.08 bits per heavy atom. The summed E-state index contributed by atoms with van der Waals surface area (Å²) in [6.07, 6.45) is 5.36. The van der Waals surface area contributed by atoms with Crippen molar-refractivity contribution in [3.63, 3.8) is 0 Å². The predicted octanol–water partition coefficient (Wildman–Crippen LogP) is 4.53. The molecule has 1 aliphatic heterocycles. The number of hydrogen-bond acceptors (Lipinski definition) is 10. The fraction of sp³-hybridized carbons (Fsp3) is 0.143. The molecule has 1 fully saturated rings. The number of hydrogen-bond donors (Lipinski definition) is 2. The Bertz CT molecular complexity index is 1210. The second kappa shape index (κ2) is 12.9. The quantitative estimate of drug-likeness (QED) is 0.237. The molecule has 5 rings (SSSR count). The Balaban J connectivity index is 1.13. The molecule has 3 heterocycles. The number of nitrogens with zero attached hydrogens (tertiary/aromatic N) is 4. The van der Waals surface area contributed by atoms with E-state index in [-0.39, 0.29) is 0 Å². The Morgan fingerprint density at radius 1 is 0.632 bits per heavy atom. The molecule has 10 nitrogen and oxygen atoms in total. The minimum absolute atomic E-state index is 0.410. The van der Waals surface area contributed by atoms with Crippen LogP contribution in [0.4, 0.5) is 11.6 Å². The van der Waals surface area contributed by atoms with E-state index in [1.807, 2.05) is 84.9 Å². The maximum Gasteiger partial charge on any atom is 0.263 e. The van der Waals surface area contributed by atoms with Gasteiger partial charge in [-0.2, -0.15) is 10.2 Å². The van der Waals surface area contributed by atoms with Crippen LogP contribution in [0.2, 0.25) is 0 Å². The maximum atomic E-state index is 6.01. The van der Waals surface area contributed by atoms with Crippen molar-refractivity contribution in [3.8, 4) is 11.5 Å². The molecule has 192 valence electrons. The van der Waals surface area contributed by atoms with E-state index in [0.29, 0.717) is 36.3 Å². The van der Waals surface area contributed by atoms with Gasteiger partial charge in [-0.05, 0) is 83.9 Å². The molecule has 0 unspecified atom stereocenters. The maximum absolute atomic E-state index is 6.01. The second-order valence-electron chi connectivity index (χ2n) is 8.02. The largest absolute Gasteiger partial charge is 0.458 e. The van der Waals surface area contributed by atoms with Crippen molar-refractivity contribution < 1.29 is 18.9 Å². The first-order valence-electron chi connectivity index (χ1n) is 12.0. The summed E-state index contributed by atoms with van der Waals surface area (Å²) in [4.78, 5) is 8.32. The predicted molar refractivity (Wildman–Crippen MR) is 145 cm³/mol. The van der Waals surface area contributed by atoms with Crippen LogP contribution in [0.25, 0.3) is 0 Å². The number of pyridine rings is 2. The molecule has 0 bridgehead atoms. The first-order valence-corrected chi connectivity index (χ1v) is 12.0. The Kier molecular flexibility index (Phi) is 8.48. The van der Waals surface area contributed by atoms with Crippen molar-refractivity contribution in [2.75, 3.05) is 24.1 Å². The molecule has 0 radical (unpaired) electrons. The zero-order valence-corrected chi connectivity index (χ0v) is 20.4. The van der Waals surface area contributed by atoms with Crippen LogP contribution < -0.4 is 20.3 Å². The van der Waals surface area contributed by atoms with Gasteiger partial charge in [0.1, 0.15) is 23.1 Å². The van der Waals surface area contributed by atoms with Gasteiger partial charge in [-0.1, -0.05) is 12.1 Å². The molecule has 2 aromatic heterocycles. The summed E-state index contributed by atoms with van der Waals surface area (Å²) >= 11 is 0. The normalized spacial score (nSPS) is 17.4. The summed E-state index contributed by atoms with van der Waals surface area (Å²) in [6.45, 7) is 0.820. The minimum Gasteiger partial charge on any atom is -0.458 e. The number of ether oxygens (including phenoxy) is 4. The summed E-state index contributed by atoms with van der Waals surface area (Å²) in [6, 6.07) is 26.1. The monoisotopic (exact) mass is 510 g/mol. The molecule has 2 aromatic carbocycles. The van der Waals surface area contributed by atoms with Gasteiger partial charge in [0.2, 0.25) is 0 Å². The highest BCUT2D eigenvalue weighted by Gasteiger charge is 2.31. The van der Waals surface area contributed by atoms with Crippen LogP contribution in [-0.2, 0) is 9.47 Å². The average molecular weight is 511 g/mol. The number of hydrazone groups is 2. The van der Waals surface area contributed by atoms with Gasteiger partial charge in [0, 0.05) is 12.4 Å². The van der Waals surface area contributed by atoms with Crippen LogP contribution in [0.3, 0.4) is 0 Å². The van der Waals surface area contributed by atoms with E-state index < -0.39 is 12.6 Å². The Morgan fingerprint density at radius 3 is 1.47 bits per heavy atom. The molecule has 0 spiro atoms. The van der Waals surface area contributed by atoms with Crippen molar-refractivity contribution in [1.82, 2.24) is 9.97 Å². The zero-order valence-electron chi connectivity index (χ0n) is 20.4. The van der Waals surface area contributed by atoms with Gasteiger partial charge in [-0.15, -0.1) is 0 Å². The molecular weight excluding hydrogens is 484 g/mol. The lowest BCUT2D eigenvalue weighted by atomic mass is 10.2. The van der Waals surface area contributed by atoms with Crippen LogP contribution in [-0.4, -0.2) is 48.2 Å². The number of rotatable bonds is 10. The van der Waals surface area contributed by atoms with Gasteiger partial charge in [0.25, 0.3) is 12.6 Å². The van der Waals surface area contributed by atoms with E-state index >= 15 is 0 Å². The number of benzene rings is 2. The number of nitrogens with one attached hydrogen (secondary N) is 2. The van der Waals surface area contributed by atoms with Gasteiger partial charge in [0.15, 0.2) is 0 Å². The van der Waals surface area contributed by atoms with Gasteiger partial charge in [-0.25, -0.2) is 9.97 Å². The molecule has 2 atom stereocenters. The lowest BCUT2D eigenvalue weighted by molar-refractivity contribution is -0.271. The summed E-state index contributed by atoms with van der Waals surface area (Å²) in [7, 11) is 0. The molecule has 10 heteroatoms. The fourth-order valence-corrected chi connectivity index (χ4v) is 3.40.